The molecule has 1 aromatic carbocycles. The Kier molecular flexibility index (Phi) is 2.55. The van der Waals surface area contributed by atoms with Crippen LogP contribution < -0.4 is 5.73 Å². The minimum atomic E-state index is -0.416. The van der Waals surface area contributed by atoms with Gasteiger partial charge in [-0.25, -0.2) is 4.98 Å². The summed E-state index contributed by atoms with van der Waals surface area (Å²) in [4.78, 5) is 14.0. The van der Waals surface area contributed by atoms with E-state index >= 15 is 0 Å². The molecule has 0 radical (unpaired) electrons. The van der Waals surface area contributed by atoms with Crippen LogP contribution in [-0.4, -0.2) is 14.5 Å². The fourth-order valence-corrected chi connectivity index (χ4v) is 1.44. The van der Waals surface area contributed by atoms with Gasteiger partial charge in [0, 0.05) is 24.5 Å². The van der Waals surface area contributed by atoms with Crippen molar-refractivity contribution in [3.63, 3.8) is 0 Å². The predicted molar refractivity (Wildman–Crippen MR) is 58.8 cm³/mol. The molecule has 1 aromatic heterocycles. The number of aromatic nitrogens is 2. The van der Waals surface area contributed by atoms with Crippen LogP contribution in [0.4, 0.5) is 11.6 Å². The molecule has 0 aliphatic heterocycles. The average molecular weight is 218 g/mol. The maximum absolute atomic E-state index is 10.6. The minimum absolute atomic E-state index is 0.0798. The molecular weight excluding hydrogens is 208 g/mol. The first kappa shape index (κ1) is 10.2. The summed E-state index contributed by atoms with van der Waals surface area (Å²) in [6, 6.07) is 6.45. The lowest BCUT2D eigenvalue weighted by molar-refractivity contribution is -0.384. The van der Waals surface area contributed by atoms with Gasteiger partial charge in [-0.1, -0.05) is 12.1 Å². The molecule has 2 rings (SSSR count). The molecule has 1 heterocycles. The van der Waals surface area contributed by atoms with E-state index in [1.165, 1.54) is 12.1 Å². The molecule has 6 nitrogen and oxygen atoms in total. The normalized spacial score (nSPS) is 10.2. The Bertz CT molecular complexity index is 521. The first-order chi connectivity index (χ1) is 7.66. The number of hydrogen-bond acceptors (Lipinski definition) is 4. The molecule has 0 bridgehead atoms. The van der Waals surface area contributed by atoms with E-state index in [0.29, 0.717) is 12.5 Å². The van der Waals surface area contributed by atoms with Gasteiger partial charge in [0.05, 0.1) is 11.5 Å². The Balaban J connectivity index is 2.25. The number of nitro groups is 1. The van der Waals surface area contributed by atoms with E-state index in [-0.39, 0.29) is 5.69 Å². The lowest BCUT2D eigenvalue weighted by Crippen LogP contribution is -2.03. The second-order valence-corrected chi connectivity index (χ2v) is 3.34. The number of non-ortho nitro benzene ring substituents is 1. The fourth-order valence-electron chi connectivity index (χ4n) is 1.44. The van der Waals surface area contributed by atoms with E-state index in [1.807, 2.05) is 6.07 Å². The molecule has 82 valence electrons. The maximum Gasteiger partial charge on any atom is 0.269 e. The fraction of sp³-hybridized carbons (Fsp3) is 0.100. The van der Waals surface area contributed by atoms with Crippen LogP contribution in [-0.2, 0) is 6.54 Å². The van der Waals surface area contributed by atoms with Crippen molar-refractivity contribution in [2.45, 2.75) is 6.54 Å². The average Bonchev–Trinajstić information content (AvgIpc) is 2.65. The molecule has 0 fully saturated rings. The molecule has 16 heavy (non-hydrogen) atoms. The smallest absolute Gasteiger partial charge is 0.269 e. The molecule has 0 aliphatic carbocycles. The molecule has 0 atom stereocenters. The lowest BCUT2D eigenvalue weighted by Gasteiger charge is -2.04. The molecule has 0 saturated carbocycles. The van der Waals surface area contributed by atoms with E-state index < -0.39 is 4.92 Å². The number of nitrogens with two attached hydrogens (primary N) is 1. The molecular formula is C10H10N4O2. The molecule has 0 unspecified atom stereocenters. The Morgan fingerprint density at radius 1 is 1.50 bits per heavy atom. The highest BCUT2D eigenvalue weighted by Gasteiger charge is 2.06. The number of anilines is 1. The lowest BCUT2D eigenvalue weighted by atomic mass is 10.2. The van der Waals surface area contributed by atoms with Crippen LogP contribution in [0.2, 0.25) is 0 Å². The Morgan fingerprint density at radius 3 is 2.94 bits per heavy atom. The molecule has 0 aliphatic rings. The van der Waals surface area contributed by atoms with Crippen LogP contribution in [0.3, 0.4) is 0 Å². The van der Waals surface area contributed by atoms with Crippen LogP contribution >= 0.6 is 0 Å². The largest absolute Gasteiger partial charge is 0.369 e. The van der Waals surface area contributed by atoms with Gasteiger partial charge in [-0.2, -0.15) is 0 Å². The summed E-state index contributed by atoms with van der Waals surface area (Å²) in [6.45, 7) is 0.480. The number of hydrogen-bond donors (Lipinski definition) is 1. The summed E-state index contributed by atoms with van der Waals surface area (Å²) in [5, 5.41) is 10.6. The Morgan fingerprint density at radius 2 is 2.31 bits per heavy atom. The van der Waals surface area contributed by atoms with Crippen molar-refractivity contribution in [1.82, 2.24) is 9.55 Å². The zero-order chi connectivity index (χ0) is 11.5. The summed E-state index contributed by atoms with van der Waals surface area (Å²) >= 11 is 0. The first-order valence-corrected chi connectivity index (χ1v) is 4.67. The monoisotopic (exact) mass is 218 g/mol. The number of imidazole rings is 1. The van der Waals surface area contributed by atoms with Crippen LogP contribution in [0.5, 0.6) is 0 Å². The standard InChI is InChI=1S/C10H10N4O2/c11-10-12-4-5-13(10)7-8-2-1-3-9(6-8)14(15)16/h1-6H,7H2,(H2,11,12). The third-order valence-corrected chi connectivity index (χ3v) is 2.22. The number of benzene rings is 1. The molecule has 6 heteroatoms. The second-order valence-electron chi connectivity index (χ2n) is 3.34. The van der Waals surface area contributed by atoms with Gasteiger partial charge < -0.3 is 10.3 Å². The van der Waals surface area contributed by atoms with Crippen molar-refractivity contribution in [2.24, 2.45) is 0 Å². The summed E-state index contributed by atoms with van der Waals surface area (Å²) in [6.07, 6.45) is 3.32. The Hall–Kier alpha value is -2.37. The molecule has 2 aromatic rings. The molecule has 2 N–H and O–H groups in total. The van der Waals surface area contributed by atoms with Crippen molar-refractivity contribution in [1.29, 1.82) is 0 Å². The topological polar surface area (TPSA) is 87.0 Å². The second kappa shape index (κ2) is 4.01. The quantitative estimate of drug-likeness (QED) is 0.623. The van der Waals surface area contributed by atoms with Crippen LogP contribution in [0.25, 0.3) is 0 Å². The summed E-state index contributed by atoms with van der Waals surface area (Å²) in [5.41, 5.74) is 6.50. The van der Waals surface area contributed by atoms with Gasteiger partial charge in [-0.05, 0) is 5.56 Å². The van der Waals surface area contributed by atoms with E-state index in [1.54, 1.807) is 23.0 Å². The number of rotatable bonds is 3. The SMILES string of the molecule is Nc1nccn1Cc1cccc([N+](=O)[O-])c1. The third-order valence-electron chi connectivity index (χ3n) is 2.22. The number of nitrogens with zero attached hydrogens (tertiary/aromatic N) is 3. The van der Waals surface area contributed by atoms with E-state index in [4.69, 9.17) is 5.73 Å². The van der Waals surface area contributed by atoms with Crippen LogP contribution in [0, 0.1) is 10.1 Å². The van der Waals surface area contributed by atoms with Gasteiger partial charge in [-0.15, -0.1) is 0 Å². The molecule has 0 saturated heterocycles. The van der Waals surface area contributed by atoms with Gasteiger partial charge in [-0.3, -0.25) is 10.1 Å². The molecule has 0 spiro atoms. The zero-order valence-electron chi connectivity index (χ0n) is 8.41. The van der Waals surface area contributed by atoms with E-state index in [9.17, 15) is 10.1 Å². The van der Waals surface area contributed by atoms with Gasteiger partial charge in [0.15, 0.2) is 5.95 Å². The van der Waals surface area contributed by atoms with Crippen LogP contribution in [0.15, 0.2) is 36.7 Å². The Labute approximate surface area is 91.5 Å². The van der Waals surface area contributed by atoms with Gasteiger partial charge >= 0.3 is 0 Å². The number of nitrogen functional groups attached to an aromatic ring is 1. The van der Waals surface area contributed by atoms with Gasteiger partial charge in [0.25, 0.3) is 5.69 Å². The third kappa shape index (κ3) is 2.00. The maximum atomic E-state index is 10.6. The van der Waals surface area contributed by atoms with Gasteiger partial charge in [0.2, 0.25) is 0 Å². The first-order valence-electron chi connectivity index (χ1n) is 4.67. The summed E-state index contributed by atoms with van der Waals surface area (Å²) < 4.78 is 1.72. The van der Waals surface area contributed by atoms with Crippen molar-refractivity contribution in [3.8, 4) is 0 Å². The zero-order valence-corrected chi connectivity index (χ0v) is 8.41. The summed E-state index contributed by atoms with van der Waals surface area (Å²) in [7, 11) is 0. The van der Waals surface area contributed by atoms with Crippen molar-refractivity contribution in [3.05, 3.63) is 52.3 Å². The number of nitro benzene ring substituents is 1. The van der Waals surface area contributed by atoms with Crippen LogP contribution in [0.1, 0.15) is 5.56 Å². The van der Waals surface area contributed by atoms with Crippen molar-refractivity contribution < 1.29 is 4.92 Å². The highest BCUT2D eigenvalue weighted by molar-refractivity contribution is 5.35. The van der Waals surface area contributed by atoms with Gasteiger partial charge in [0.1, 0.15) is 0 Å². The minimum Gasteiger partial charge on any atom is -0.369 e. The highest BCUT2D eigenvalue weighted by atomic mass is 16.6. The highest BCUT2D eigenvalue weighted by Crippen LogP contribution is 2.14. The predicted octanol–water partition coefficient (Wildman–Crippen LogP) is 1.42. The molecule has 0 amide bonds. The van der Waals surface area contributed by atoms with E-state index in [0.717, 1.165) is 5.56 Å². The van der Waals surface area contributed by atoms with E-state index in [2.05, 4.69) is 4.98 Å². The summed E-state index contributed by atoms with van der Waals surface area (Å²) in [5.74, 6) is 0.395. The van der Waals surface area contributed by atoms with Crippen molar-refractivity contribution in [2.75, 3.05) is 5.73 Å². The van der Waals surface area contributed by atoms with Crippen molar-refractivity contribution >= 4 is 11.6 Å².